The van der Waals surface area contributed by atoms with Crippen molar-refractivity contribution in [3.63, 3.8) is 0 Å². The molecule has 3 aromatic carbocycles. The molecule has 38 heavy (non-hydrogen) atoms. The number of Topliss-reactive ketones (excluding diaryl/α,β-unsaturated/α-hetero) is 1. The second-order valence-corrected chi connectivity index (χ2v) is 9.93. The molecule has 0 spiro atoms. The first-order valence-corrected chi connectivity index (χ1v) is 12.7. The van der Waals surface area contributed by atoms with E-state index in [1.54, 1.807) is 24.3 Å². The highest BCUT2D eigenvalue weighted by molar-refractivity contribution is 6.46. The predicted octanol–water partition coefficient (Wildman–Crippen LogP) is 5.56. The minimum atomic E-state index is -0.808. The van der Waals surface area contributed by atoms with Gasteiger partial charge in [0.2, 0.25) is 0 Å². The zero-order valence-electron chi connectivity index (χ0n) is 21.3. The Labute approximate surface area is 231 Å². The third kappa shape index (κ3) is 5.80. The molecule has 1 fully saturated rings. The van der Waals surface area contributed by atoms with Crippen molar-refractivity contribution in [1.29, 1.82) is 0 Å². The third-order valence-electron chi connectivity index (χ3n) is 6.25. The fraction of sp³-hybridized carbons (Fsp3) is 0.241. The van der Waals surface area contributed by atoms with Gasteiger partial charge in [-0.25, -0.2) is 0 Å². The lowest BCUT2D eigenvalue weighted by Gasteiger charge is -2.26. The molecule has 0 aliphatic carbocycles. The summed E-state index contributed by atoms with van der Waals surface area (Å²) in [7, 11) is 5.19. The zero-order chi connectivity index (χ0) is 27.4. The molecule has 9 heteroatoms. The molecule has 0 radical (unpaired) electrons. The minimum Gasteiger partial charge on any atom is -0.507 e. The Bertz CT molecular complexity index is 1330. The number of ketones is 1. The van der Waals surface area contributed by atoms with E-state index in [1.807, 2.05) is 49.3 Å². The second kappa shape index (κ2) is 11.9. The molecular weight excluding hydrogens is 527 g/mol. The first-order valence-electron chi connectivity index (χ1n) is 11.9. The van der Waals surface area contributed by atoms with Crippen LogP contribution in [0.3, 0.4) is 0 Å². The number of nitrogens with zero attached hydrogens (tertiary/aromatic N) is 2. The quantitative estimate of drug-likeness (QED) is 0.212. The number of likely N-dealkylation sites (tertiary alicyclic amines) is 1. The first kappa shape index (κ1) is 27.5. The normalized spacial score (nSPS) is 16.8. The van der Waals surface area contributed by atoms with Crippen molar-refractivity contribution in [3.05, 3.63) is 99.0 Å². The Balaban J connectivity index is 1.72. The molecule has 0 aromatic heterocycles. The number of aliphatic hydroxyl groups excluding tert-OH is 1. The van der Waals surface area contributed by atoms with Gasteiger partial charge in [0, 0.05) is 18.7 Å². The lowest BCUT2D eigenvalue weighted by atomic mass is 9.95. The second-order valence-electron chi connectivity index (χ2n) is 9.11. The Kier molecular flexibility index (Phi) is 8.62. The summed E-state index contributed by atoms with van der Waals surface area (Å²) < 4.78 is 11.1. The summed E-state index contributed by atoms with van der Waals surface area (Å²) in [6.07, 6.45) is 0. The molecule has 1 heterocycles. The molecule has 7 nitrogen and oxygen atoms in total. The van der Waals surface area contributed by atoms with Crippen molar-refractivity contribution < 1.29 is 24.2 Å². The van der Waals surface area contributed by atoms with Gasteiger partial charge in [0.15, 0.2) is 5.75 Å². The number of methoxy groups -OCH3 is 1. The molecule has 0 saturated carbocycles. The summed E-state index contributed by atoms with van der Waals surface area (Å²) in [6.45, 7) is 1.22. The van der Waals surface area contributed by atoms with Crippen molar-refractivity contribution >= 4 is 40.7 Å². The van der Waals surface area contributed by atoms with Crippen molar-refractivity contribution in [2.24, 2.45) is 0 Å². The van der Waals surface area contributed by atoms with Crippen LogP contribution in [0.15, 0.2) is 72.3 Å². The average Bonchev–Trinajstić information content (AvgIpc) is 3.16. The molecule has 1 atom stereocenters. The first-order chi connectivity index (χ1) is 18.2. The van der Waals surface area contributed by atoms with E-state index < -0.39 is 17.7 Å². The van der Waals surface area contributed by atoms with Crippen LogP contribution in [0.2, 0.25) is 10.0 Å². The number of amides is 1. The van der Waals surface area contributed by atoms with Crippen LogP contribution in [-0.4, -0.2) is 60.9 Å². The van der Waals surface area contributed by atoms with E-state index in [0.29, 0.717) is 24.5 Å². The minimum absolute atomic E-state index is 0.0380. The highest BCUT2D eigenvalue weighted by Gasteiger charge is 2.46. The molecule has 1 saturated heterocycles. The van der Waals surface area contributed by atoms with Crippen LogP contribution in [0.1, 0.15) is 22.7 Å². The van der Waals surface area contributed by atoms with Gasteiger partial charge in [-0.2, -0.15) is 0 Å². The van der Waals surface area contributed by atoms with E-state index in [-0.39, 0.29) is 39.2 Å². The smallest absolute Gasteiger partial charge is 0.295 e. The maximum Gasteiger partial charge on any atom is 0.295 e. The Morgan fingerprint density at radius 1 is 1.00 bits per heavy atom. The predicted molar refractivity (Wildman–Crippen MR) is 148 cm³/mol. The Morgan fingerprint density at radius 3 is 2.21 bits per heavy atom. The van der Waals surface area contributed by atoms with Gasteiger partial charge >= 0.3 is 0 Å². The molecule has 1 N–H and O–H groups in total. The summed E-state index contributed by atoms with van der Waals surface area (Å²) >= 11 is 12.6. The highest BCUT2D eigenvalue weighted by Crippen LogP contribution is 2.42. The standard InChI is InChI=1S/C29H28Cl2N2O5/c1-32(2)13-14-33-25(19-9-11-21(12-10-19)38-17-18-7-5-4-6-8-18)24(27(35)29(33)36)26(34)20-15-22(30)28(37-3)23(31)16-20/h4-12,15-16,25,34H,13-14,17H2,1-3H3/b26-24+. The van der Waals surface area contributed by atoms with E-state index >= 15 is 0 Å². The summed E-state index contributed by atoms with van der Waals surface area (Å²) in [4.78, 5) is 29.8. The number of hydrogen-bond acceptors (Lipinski definition) is 6. The number of likely N-dealkylation sites (N-methyl/N-ethyl adjacent to an activating group) is 1. The fourth-order valence-corrected chi connectivity index (χ4v) is 4.94. The van der Waals surface area contributed by atoms with Crippen LogP contribution in [0, 0.1) is 0 Å². The number of ether oxygens (including phenoxy) is 2. The van der Waals surface area contributed by atoms with Crippen LogP contribution < -0.4 is 9.47 Å². The molecule has 3 aromatic rings. The van der Waals surface area contributed by atoms with Crippen LogP contribution in [0.25, 0.3) is 5.76 Å². The topological polar surface area (TPSA) is 79.3 Å². The summed E-state index contributed by atoms with van der Waals surface area (Å²) in [5.74, 6) is -0.945. The molecule has 1 aliphatic rings. The number of carbonyl (C=O) groups excluding carboxylic acids is 2. The van der Waals surface area contributed by atoms with E-state index in [9.17, 15) is 14.7 Å². The SMILES string of the molecule is COc1c(Cl)cc(/C(O)=C2\C(=O)C(=O)N(CCN(C)C)C2c2ccc(OCc3ccccc3)cc2)cc1Cl. The molecule has 4 rings (SSSR count). The van der Waals surface area contributed by atoms with Crippen LogP contribution >= 0.6 is 23.2 Å². The van der Waals surface area contributed by atoms with Gasteiger partial charge in [0.1, 0.15) is 18.1 Å². The maximum atomic E-state index is 13.2. The fourth-order valence-electron chi connectivity index (χ4n) is 4.30. The van der Waals surface area contributed by atoms with Crippen molar-refractivity contribution in [2.75, 3.05) is 34.3 Å². The average molecular weight is 555 g/mol. The van der Waals surface area contributed by atoms with Gasteiger partial charge in [0.25, 0.3) is 11.7 Å². The van der Waals surface area contributed by atoms with Crippen LogP contribution in [0.4, 0.5) is 0 Å². The highest BCUT2D eigenvalue weighted by atomic mass is 35.5. The molecule has 1 aliphatic heterocycles. The molecule has 1 unspecified atom stereocenters. The number of halogens is 2. The van der Waals surface area contributed by atoms with Crippen molar-refractivity contribution in [2.45, 2.75) is 12.6 Å². The van der Waals surface area contributed by atoms with E-state index in [1.165, 1.54) is 24.1 Å². The summed E-state index contributed by atoms with van der Waals surface area (Å²) in [6, 6.07) is 19.0. The van der Waals surface area contributed by atoms with Gasteiger partial charge in [-0.05, 0) is 49.5 Å². The number of benzene rings is 3. The monoisotopic (exact) mass is 554 g/mol. The number of rotatable bonds is 9. The molecule has 198 valence electrons. The van der Waals surface area contributed by atoms with Gasteiger partial charge < -0.3 is 24.4 Å². The van der Waals surface area contributed by atoms with E-state index in [2.05, 4.69) is 0 Å². The Hall–Kier alpha value is -3.52. The molecule has 0 bridgehead atoms. The van der Waals surface area contributed by atoms with Gasteiger partial charge in [0.05, 0.1) is 28.8 Å². The third-order valence-corrected chi connectivity index (χ3v) is 6.81. The van der Waals surface area contributed by atoms with Gasteiger partial charge in [-0.3, -0.25) is 9.59 Å². The zero-order valence-corrected chi connectivity index (χ0v) is 22.8. The van der Waals surface area contributed by atoms with Gasteiger partial charge in [-0.15, -0.1) is 0 Å². The molecular formula is C29H28Cl2N2O5. The van der Waals surface area contributed by atoms with Crippen LogP contribution in [0.5, 0.6) is 11.5 Å². The van der Waals surface area contributed by atoms with E-state index in [0.717, 1.165) is 5.56 Å². The summed E-state index contributed by atoms with van der Waals surface area (Å²) in [5.41, 5.74) is 1.86. The van der Waals surface area contributed by atoms with Gasteiger partial charge in [-0.1, -0.05) is 65.7 Å². The maximum absolute atomic E-state index is 13.2. The summed E-state index contributed by atoms with van der Waals surface area (Å²) in [5, 5.41) is 11.6. The number of aliphatic hydroxyl groups is 1. The molecule has 1 amide bonds. The lowest BCUT2D eigenvalue weighted by Crippen LogP contribution is -2.35. The number of carbonyl (C=O) groups is 2. The Morgan fingerprint density at radius 2 is 1.63 bits per heavy atom. The van der Waals surface area contributed by atoms with E-state index in [4.69, 9.17) is 32.7 Å². The van der Waals surface area contributed by atoms with Crippen molar-refractivity contribution in [3.8, 4) is 11.5 Å². The lowest BCUT2D eigenvalue weighted by molar-refractivity contribution is -0.140. The van der Waals surface area contributed by atoms with Crippen molar-refractivity contribution in [1.82, 2.24) is 9.80 Å². The number of hydrogen-bond donors (Lipinski definition) is 1. The van der Waals surface area contributed by atoms with Crippen LogP contribution in [-0.2, 0) is 16.2 Å². The largest absolute Gasteiger partial charge is 0.507 e.